The van der Waals surface area contributed by atoms with Gasteiger partial charge in [-0.2, -0.15) is 0 Å². The van der Waals surface area contributed by atoms with Gasteiger partial charge in [0.25, 0.3) is 0 Å². The first kappa shape index (κ1) is 14.0. The summed E-state index contributed by atoms with van der Waals surface area (Å²) in [5, 5.41) is 14.9. The number of amides is 1. The number of hydrogen-bond acceptors (Lipinski definition) is 3. The van der Waals surface area contributed by atoms with Crippen LogP contribution in [-0.2, 0) is 9.59 Å². The van der Waals surface area contributed by atoms with Gasteiger partial charge in [0, 0.05) is 6.54 Å². The molecule has 0 spiro atoms. The molecule has 5 heteroatoms. The van der Waals surface area contributed by atoms with E-state index in [-0.39, 0.29) is 5.91 Å². The minimum atomic E-state index is -0.986. The first-order valence-corrected chi connectivity index (χ1v) is 5.91. The summed E-state index contributed by atoms with van der Waals surface area (Å²) in [6.07, 6.45) is 0.745. The Hall–Kier alpha value is -1.10. The molecule has 98 valence electrons. The highest BCUT2D eigenvalue weighted by Gasteiger charge is 2.40. The van der Waals surface area contributed by atoms with Crippen LogP contribution in [0.25, 0.3) is 0 Å². The quantitative estimate of drug-likeness (QED) is 0.677. The highest BCUT2D eigenvalue weighted by Crippen LogP contribution is 2.26. The van der Waals surface area contributed by atoms with Crippen LogP contribution < -0.4 is 10.6 Å². The molecule has 1 heterocycles. The molecule has 0 aromatic heterocycles. The number of carbonyl (C=O) groups excluding carboxylic acids is 1. The van der Waals surface area contributed by atoms with Crippen LogP contribution in [0.5, 0.6) is 0 Å². The first-order valence-electron chi connectivity index (χ1n) is 5.91. The second-order valence-electron chi connectivity index (χ2n) is 6.10. The van der Waals surface area contributed by atoms with E-state index in [1.165, 1.54) is 0 Å². The summed E-state index contributed by atoms with van der Waals surface area (Å²) in [6, 6.07) is -0.854. The van der Waals surface area contributed by atoms with E-state index in [0.717, 1.165) is 13.0 Å². The lowest BCUT2D eigenvalue weighted by Crippen LogP contribution is -2.53. The van der Waals surface area contributed by atoms with E-state index in [9.17, 15) is 9.59 Å². The lowest BCUT2D eigenvalue weighted by atomic mass is 9.84. The van der Waals surface area contributed by atoms with E-state index in [0.29, 0.717) is 6.54 Å². The van der Waals surface area contributed by atoms with Crippen molar-refractivity contribution in [3.8, 4) is 0 Å². The third kappa shape index (κ3) is 3.19. The van der Waals surface area contributed by atoms with E-state index in [1.54, 1.807) is 20.8 Å². The van der Waals surface area contributed by atoms with Gasteiger partial charge >= 0.3 is 5.97 Å². The van der Waals surface area contributed by atoms with Crippen LogP contribution >= 0.6 is 0 Å². The van der Waals surface area contributed by atoms with Gasteiger partial charge < -0.3 is 15.7 Å². The smallest absolute Gasteiger partial charge is 0.326 e. The Morgan fingerprint density at radius 2 is 2.00 bits per heavy atom. The Morgan fingerprint density at radius 3 is 2.35 bits per heavy atom. The van der Waals surface area contributed by atoms with Gasteiger partial charge in [0.05, 0.1) is 5.41 Å². The molecular formula is C12H22N2O3. The number of carboxylic acid groups (broad SMARTS) is 1. The van der Waals surface area contributed by atoms with Gasteiger partial charge in [-0.05, 0) is 25.3 Å². The number of hydrogen-bond donors (Lipinski definition) is 3. The Labute approximate surface area is 102 Å². The highest BCUT2D eigenvalue weighted by molar-refractivity contribution is 5.88. The number of aliphatic carboxylic acids is 1. The molecule has 1 amide bonds. The molecule has 1 unspecified atom stereocenters. The normalized spacial score (nSPS) is 26.6. The summed E-state index contributed by atoms with van der Waals surface area (Å²) < 4.78 is 0. The zero-order chi connectivity index (χ0) is 13.3. The van der Waals surface area contributed by atoms with E-state index in [4.69, 9.17) is 5.11 Å². The zero-order valence-electron chi connectivity index (χ0n) is 11.0. The second kappa shape index (κ2) is 4.64. The summed E-state index contributed by atoms with van der Waals surface area (Å²) in [4.78, 5) is 23.3. The lowest BCUT2D eigenvalue weighted by Gasteiger charge is -2.31. The predicted octanol–water partition coefficient (Wildman–Crippen LogP) is 0.601. The van der Waals surface area contributed by atoms with Gasteiger partial charge in [-0.15, -0.1) is 0 Å². The SMILES string of the molecule is CC1(C(=O)N[C@@H](C(=O)O)C(C)(C)C)CCNC1. The van der Waals surface area contributed by atoms with Crippen molar-refractivity contribution in [1.82, 2.24) is 10.6 Å². The van der Waals surface area contributed by atoms with Gasteiger partial charge in [-0.1, -0.05) is 20.8 Å². The van der Waals surface area contributed by atoms with E-state index >= 15 is 0 Å². The van der Waals surface area contributed by atoms with Crippen LogP contribution in [0.3, 0.4) is 0 Å². The molecule has 5 nitrogen and oxygen atoms in total. The molecule has 3 N–H and O–H groups in total. The van der Waals surface area contributed by atoms with Gasteiger partial charge in [0.2, 0.25) is 5.91 Å². The fourth-order valence-electron chi connectivity index (χ4n) is 1.96. The van der Waals surface area contributed by atoms with Crippen LogP contribution in [0, 0.1) is 10.8 Å². The molecule has 1 fully saturated rings. The van der Waals surface area contributed by atoms with Gasteiger partial charge in [-0.3, -0.25) is 4.79 Å². The Bertz CT molecular complexity index is 314. The van der Waals surface area contributed by atoms with Crippen molar-refractivity contribution in [3.63, 3.8) is 0 Å². The van der Waals surface area contributed by atoms with Crippen LogP contribution in [0.2, 0.25) is 0 Å². The molecule has 0 bridgehead atoms. The average molecular weight is 242 g/mol. The molecule has 1 saturated heterocycles. The molecule has 0 aliphatic carbocycles. The minimum Gasteiger partial charge on any atom is -0.480 e. The van der Waals surface area contributed by atoms with Crippen molar-refractivity contribution < 1.29 is 14.7 Å². The van der Waals surface area contributed by atoms with Crippen LogP contribution in [0.4, 0.5) is 0 Å². The van der Waals surface area contributed by atoms with Crippen molar-refractivity contribution in [2.45, 2.75) is 40.2 Å². The van der Waals surface area contributed by atoms with Crippen molar-refractivity contribution in [3.05, 3.63) is 0 Å². The average Bonchev–Trinajstić information content (AvgIpc) is 2.60. The minimum absolute atomic E-state index is 0.176. The van der Waals surface area contributed by atoms with Crippen LogP contribution in [0.1, 0.15) is 34.1 Å². The fraction of sp³-hybridized carbons (Fsp3) is 0.833. The predicted molar refractivity (Wildman–Crippen MR) is 64.6 cm³/mol. The number of nitrogens with one attached hydrogen (secondary N) is 2. The molecule has 0 saturated carbocycles. The molecule has 0 aromatic carbocycles. The first-order chi connectivity index (χ1) is 7.67. The van der Waals surface area contributed by atoms with E-state index in [1.807, 2.05) is 6.92 Å². The maximum Gasteiger partial charge on any atom is 0.326 e. The molecule has 1 aliphatic heterocycles. The van der Waals surface area contributed by atoms with Crippen LogP contribution in [0.15, 0.2) is 0 Å². The highest BCUT2D eigenvalue weighted by atomic mass is 16.4. The molecule has 17 heavy (non-hydrogen) atoms. The van der Waals surface area contributed by atoms with Gasteiger partial charge in [0.15, 0.2) is 0 Å². The maximum atomic E-state index is 12.1. The molecule has 1 rings (SSSR count). The Balaban J connectivity index is 2.75. The van der Waals surface area contributed by atoms with Crippen molar-refractivity contribution in [1.29, 1.82) is 0 Å². The third-order valence-electron chi connectivity index (χ3n) is 3.31. The zero-order valence-corrected chi connectivity index (χ0v) is 11.0. The molecule has 0 radical (unpaired) electrons. The molecular weight excluding hydrogens is 220 g/mol. The Kier molecular flexibility index (Phi) is 3.81. The number of carbonyl (C=O) groups is 2. The standard InChI is InChI=1S/C12H22N2O3/c1-11(2,3)8(9(15)16)14-10(17)12(4)5-6-13-7-12/h8,13H,5-7H2,1-4H3,(H,14,17)(H,15,16)/t8-,12?/m0/s1. The third-order valence-corrected chi connectivity index (χ3v) is 3.31. The van der Waals surface area contributed by atoms with Gasteiger partial charge in [0.1, 0.15) is 6.04 Å². The van der Waals surface area contributed by atoms with Crippen molar-refractivity contribution in [2.24, 2.45) is 10.8 Å². The Morgan fingerprint density at radius 1 is 1.41 bits per heavy atom. The van der Waals surface area contributed by atoms with E-state index in [2.05, 4.69) is 10.6 Å². The van der Waals surface area contributed by atoms with Crippen molar-refractivity contribution >= 4 is 11.9 Å². The number of carboxylic acids is 1. The largest absolute Gasteiger partial charge is 0.480 e. The fourth-order valence-corrected chi connectivity index (χ4v) is 1.96. The maximum absolute atomic E-state index is 12.1. The topological polar surface area (TPSA) is 78.4 Å². The molecule has 1 aliphatic rings. The summed E-state index contributed by atoms with van der Waals surface area (Å²) in [5.41, 5.74) is -0.983. The summed E-state index contributed by atoms with van der Waals surface area (Å²) in [5.74, 6) is -1.16. The van der Waals surface area contributed by atoms with Crippen molar-refractivity contribution in [2.75, 3.05) is 13.1 Å². The summed E-state index contributed by atoms with van der Waals surface area (Å²) in [6.45, 7) is 8.69. The summed E-state index contributed by atoms with van der Waals surface area (Å²) >= 11 is 0. The summed E-state index contributed by atoms with van der Waals surface area (Å²) in [7, 11) is 0. The monoisotopic (exact) mass is 242 g/mol. The molecule has 0 aromatic rings. The van der Waals surface area contributed by atoms with Gasteiger partial charge in [-0.25, -0.2) is 4.79 Å². The lowest BCUT2D eigenvalue weighted by molar-refractivity contribution is -0.146. The second-order valence-corrected chi connectivity index (χ2v) is 6.10. The molecule has 2 atom stereocenters. The van der Waals surface area contributed by atoms with Crippen LogP contribution in [-0.4, -0.2) is 36.1 Å². The van der Waals surface area contributed by atoms with E-state index < -0.39 is 22.8 Å². The number of rotatable bonds is 3.